The second-order valence-corrected chi connectivity index (χ2v) is 14.5. The Morgan fingerprint density at radius 3 is 2.07 bits per heavy atom. The van der Waals surface area contributed by atoms with Crippen LogP contribution in [0, 0.1) is 0 Å². The van der Waals surface area contributed by atoms with Crippen LogP contribution in [0.4, 0.5) is 0 Å². The monoisotopic (exact) mass is 527 g/mol. The number of benzene rings is 1. The lowest BCUT2D eigenvalue weighted by Crippen LogP contribution is -2.11. The Kier molecular flexibility index (Phi) is 5.40. The van der Waals surface area contributed by atoms with Gasteiger partial charge < -0.3 is 5.73 Å². The van der Waals surface area contributed by atoms with Gasteiger partial charge in [-0.3, -0.25) is 0 Å². The average molecular weight is 527 g/mol. The molecule has 1 aromatic rings. The fourth-order valence-corrected chi connectivity index (χ4v) is 2.21. The average Bonchev–Trinajstić information content (AvgIpc) is 2.15. The number of rotatable bonds is 3. The Morgan fingerprint density at radius 2 is 1.71 bits per heavy atom. The van der Waals surface area contributed by atoms with Crippen molar-refractivity contribution in [3.05, 3.63) is 35.4 Å². The van der Waals surface area contributed by atoms with E-state index in [1.165, 1.54) is 11.1 Å². The summed E-state index contributed by atoms with van der Waals surface area (Å²) in [5.74, 6) is 0.538. The van der Waals surface area contributed by atoms with Gasteiger partial charge in [0.2, 0.25) is 0 Å². The summed E-state index contributed by atoms with van der Waals surface area (Å²) in [6, 6.07) is 8.58. The molecule has 4 heteroatoms. The van der Waals surface area contributed by atoms with Crippen molar-refractivity contribution in [1.29, 1.82) is 0 Å². The minimum Gasteiger partial charge on any atom is -0.326 e. The van der Waals surface area contributed by atoms with Gasteiger partial charge >= 0.3 is 0 Å². The lowest BCUT2D eigenvalue weighted by molar-refractivity contribution is 0.864. The van der Waals surface area contributed by atoms with Gasteiger partial charge in [-0.05, 0) is 11.1 Å². The van der Waals surface area contributed by atoms with Gasteiger partial charge in [-0.2, -0.15) is 0 Å². The number of alkyl halides is 3. The second kappa shape index (κ2) is 5.62. The van der Waals surface area contributed by atoms with Crippen molar-refractivity contribution in [2.75, 3.05) is 0 Å². The predicted molar refractivity (Wildman–Crippen MR) is 87.5 cm³/mol. The lowest BCUT2D eigenvalue weighted by Gasteiger charge is -2.22. The third-order valence-corrected chi connectivity index (χ3v) is 5.01. The van der Waals surface area contributed by atoms with E-state index in [1.54, 1.807) is 0 Å². The molecular formula is C10H12I3N. The first kappa shape index (κ1) is 13.4. The Balaban J connectivity index is 2.87. The van der Waals surface area contributed by atoms with Gasteiger partial charge in [0.15, 0.2) is 0 Å². The Bertz CT molecular complexity index is 289. The number of hydrogen-bond donors (Lipinski definition) is 1. The SMILES string of the molecule is CC(c1ccc(CN)cc1)C(I)(I)I. The summed E-state index contributed by atoms with van der Waals surface area (Å²) in [4.78, 5) is 0. The summed E-state index contributed by atoms with van der Waals surface area (Å²) in [5, 5.41) is 0. The fourth-order valence-electron chi connectivity index (χ4n) is 1.13. The van der Waals surface area contributed by atoms with Crippen molar-refractivity contribution in [2.24, 2.45) is 5.73 Å². The second-order valence-electron chi connectivity index (χ2n) is 3.21. The van der Waals surface area contributed by atoms with E-state index in [9.17, 15) is 0 Å². The highest BCUT2D eigenvalue weighted by Gasteiger charge is 2.27. The van der Waals surface area contributed by atoms with Crippen molar-refractivity contribution in [2.45, 2.75) is 18.8 Å². The van der Waals surface area contributed by atoms with Gasteiger partial charge in [0.1, 0.15) is -0.565 Å². The zero-order chi connectivity index (χ0) is 10.8. The van der Waals surface area contributed by atoms with E-state index >= 15 is 0 Å². The van der Waals surface area contributed by atoms with Crippen LogP contribution in [0.3, 0.4) is 0 Å². The maximum atomic E-state index is 5.56. The molecule has 1 atom stereocenters. The van der Waals surface area contributed by atoms with Gasteiger partial charge in [-0.25, -0.2) is 0 Å². The molecule has 0 saturated carbocycles. The Hall–Kier alpha value is 1.37. The van der Waals surface area contributed by atoms with Crippen LogP contribution in [0.1, 0.15) is 24.0 Å². The van der Waals surface area contributed by atoms with E-state index in [2.05, 4.69) is 99.0 Å². The summed E-state index contributed by atoms with van der Waals surface area (Å²) in [5.41, 5.74) is 8.13. The number of halogens is 3. The van der Waals surface area contributed by atoms with Crippen LogP contribution in [0.5, 0.6) is 0 Å². The quantitative estimate of drug-likeness (QED) is 0.463. The maximum Gasteiger partial charge on any atom is 0.130 e. The Labute approximate surface area is 126 Å². The van der Waals surface area contributed by atoms with Crippen LogP contribution < -0.4 is 5.73 Å². The molecule has 0 radical (unpaired) electrons. The highest BCUT2D eigenvalue weighted by atomic mass is 127. The maximum absolute atomic E-state index is 5.56. The molecule has 14 heavy (non-hydrogen) atoms. The molecule has 0 aliphatic heterocycles. The molecule has 0 aromatic heterocycles. The van der Waals surface area contributed by atoms with Crippen molar-refractivity contribution in [3.8, 4) is 0 Å². The summed E-state index contributed by atoms with van der Waals surface area (Å²) in [6.07, 6.45) is 0. The molecule has 1 unspecified atom stereocenters. The number of nitrogens with two attached hydrogens (primary N) is 1. The van der Waals surface area contributed by atoms with Crippen LogP contribution in [-0.2, 0) is 6.54 Å². The molecule has 1 nitrogen and oxygen atoms in total. The van der Waals surface area contributed by atoms with Crippen LogP contribution in [0.15, 0.2) is 24.3 Å². The smallest absolute Gasteiger partial charge is 0.130 e. The lowest BCUT2D eigenvalue weighted by atomic mass is 10.0. The van der Waals surface area contributed by atoms with Crippen molar-refractivity contribution < 1.29 is 0 Å². The van der Waals surface area contributed by atoms with Gasteiger partial charge in [-0.1, -0.05) is 99.0 Å². The largest absolute Gasteiger partial charge is 0.326 e. The highest BCUT2D eigenvalue weighted by molar-refractivity contribution is 14.3. The van der Waals surface area contributed by atoms with Crippen molar-refractivity contribution in [1.82, 2.24) is 0 Å². The van der Waals surface area contributed by atoms with E-state index in [4.69, 9.17) is 5.73 Å². The molecule has 0 fully saturated rings. The Morgan fingerprint density at radius 1 is 1.21 bits per heavy atom. The summed E-state index contributed by atoms with van der Waals surface area (Å²) in [6.45, 7) is 2.88. The minimum atomic E-state index is 0.234. The molecule has 0 bridgehead atoms. The zero-order valence-electron chi connectivity index (χ0n) is 7.81. The highest BCUT2D eigenvalue weighted by Crippen LogP contribution is 2.47. The van der Waals surface area contributed by atoms with E-state index in [1.807, 2.05) is 0 Å². The number of hydrogen-bond acceptors (Lipinski definition) is 1. The summed E-state index contributed by atoms with van der Waals surface area (Å²) < 4.78 is 0.234. The zero-order valence-corrected chi connectivity index (χ0v) is 14.3. The minimum absolute atomic E-state index is 0.234. The molecule has 0 spiro atoms. The fraction of sp³-hybridized carbons (Fsp3) is 0.400. The first-order chi connectivity index (χ1) is 6.45. The summed E-state index contributed by atoms with van der Waals surface area (Å²) >= 11 is 7.42. The third kappa shape index (κ3) is 3.75. The standard InChI is InChI=1S/C10H12I3N/c1-7(10(11,12)13)9-4-2-8(6-14)3-5-9/h2-5,7H,6,14H2,1H3. The van der Waals surface area contributed by atoms with E-state index in [0.29, 0.717) is 12.5 Å². The third-order valence-electron chi connectivity index (χ3n) is 2.21. The molecule has 78 valence electrons. The van der Waals surface area contributed by atoms with Crippen LogP contribution in [0.2, 0.25) is 0 Å². The topological polar surface area (TPSA) is 26.0 Å². The van der Waals surface area contributed by atoms with Crippen molar-refractivity contribution >= 4 is 67.8 Å². The van der Waals surface area contributed by atoms with Gasteiger partial charge in [0.05, 0.1) is 0 Å². The normalized spacial score (nSPS) is 14.1. The molecule has 0 saturated heterocycles. The van der Waals surface area contributed by atoms with E-state index < -0.39 is 0 Å². The first-order valence-electron chi connectivity index (χ1n) is 4.30. The molecule has 1 aromatic carbocycles. The predicted octanol–water partition coefficient (Wildman–Crippen LogP) is 4.21. The van der Waals surface area contributed by atoms with E-state index in [-0.39, 0.29) is -0.565 Å². The van der Waals surface area contributed by atoms with Crippen LogP contribution in [-0.4, -0.2) is -0.565 Å². The first-order valence-corrected chi connectivity index (χ1v) is 7.54. The molecule has 0 aliphatic rings. The molecule has 2 N–H and O–H groups in total. The summed E-state index contributed by atoms with van der Waals surface area (Å²) in [7, 11) is 0. The van der Waals surface area contributed by atoms with Gasteiger partial charge in [-0.15, -0.1) is 0 Å². The van der Waals surface area contributed by atoms with Crippen LogP contribution in [0.25, 0.3) is 0 Å². The van der Waals surface area contributed by atoms with Gasteiger partial charge in [0, 0.05) is 12.5 Å². The molecule has 0 aliphatic carbocycles. The molecular weight excluding hydrogens is 515 g/mol. The molecule has 0 amide bonds. The van der Waals surface area contributed by atoms with E-state index in [0.717, 1.165) is 0 Å². The molecule has 1 rings (SSSR count). The van der Waals surface area contributed by atoms with Crippen molar-refractivity contribution in [3.63, 3.8) is 0 Å². The van der Waals surface area contributed by atoms with Gasteiger partial charge in [0.25, 0.3) is 0 Å². The van der Waals surface area contributed by atoms with Crippen LogP contribution >= 0.6 is 67.8 Å². The molecule has 0 heterocycles.